The summed E-state index contributed by atoms with van der Waals surface area (Å²) in [6.45, 7) is 2.56. The number of ether oxygens (including phenoxy) is 1. The van der Waals surface area contributed by atoms with Gasteiger partial charge in [0.15, 0.2) is 0 Å². The van der Waals surface area contributed by atoms with Crippen molar-refractivity contribution in [2.24, 2.45) is 0 Å². The van der Waals surface area contributed by atoms with E-state index in [-0.39, 0.29) is 17.2 Å². The molecule has 0 radical (unpaired) electrons. The number of hydrogen-bond acceptors (Lipinski definition) is 6. The van der Waals surface area contributed by atoms with E-state index < -0.39 is 28.3 Å². The number of nitro groups is 1. The van der Waals surface area contributed by atoms with Crippen LogP contribution >= 0.6 is 11.8 Å². The van der Waals surface area contributed by atoms with Gasteiger partial charge in [0.1, 0.15) is 0 Å². The molecule has 1 amide bonds. The lowest BCUT2D eigenvalue weighted by molar-refractivity contribution is -0.388. The molecular weight excluding hydrogens is 411 g/mol. The van der Waals surface area contributed by atoms with E-state index in [1.165, 1.54) is 0 Å². The first-order valence-electron chi connectivity index (χ1n) is 8.54. The van der Waals surface area contributed by atoms with Gasteiger partial charge in [-0.15, -0.1) is 11.8 Å². The van der Waals surface area contributed by atoms with Crippen LogP contribution in [0.25, 0.3) is 0 Å². The summed E-state index contributed by atoms with van der Waals surface area (Å²) in [6.07, 6.45) is -2.33. The van der Waals surface area contributed by atoms with Crippen molar-refractivity contribution in [1.82, 2.24) is 10.3 Å². The van der Waals surface area contributed by atoms with Crippen LogP contribution in [0.1, 0.15) is 24.5 Å². The number of thioether (sulfide) groups is 1. The van der Waals surface area contributed by atoms with Crippen LogP contribution in [-0.4, -0.2) is 28.2 Å². The summed E-state index contributed by atoms with van der Waals surface area (Å²) in [5.74, 6) is -0.229. The molecule has 0 saturated heterocycles. The Hall–Kier alpha value is -2.82. The number of alkyl halides is 3. The molecule has 11 heteroatoms. The summed E-state index contributed by atoms with van der Waals surface area (Å²) in [4.78, 5) is 26.3. The number of benzene rings is 1. The molecule has 0 bridgehead atoms. The summed E-state index contributed by atoms with van der Waals surface area (Å²) < 4.78 is 43.7. The molecule has 2 rings (SSSR count). The van der Waals surface area contributed by atoms with E-state index in [4.69, 9.17) is 4.74 Å². The third-order valence-corrected chi connectivity index (χ3v) is 4.67. The minimum atomic E-state index is -4.69. The average molecular weight is 429 g/mol. The molecule has 2 aromatic rings. The Morgan fingerprint density at radius 3 is 2.76 bits per heavy atom. The number of carbonyl (C=O) groups is 1. The number of halogens is 3. The monoisotopic (exact) mass is 429 g/mol. The van der Waals surface area contributed by atoms with Crippen molar-refractivity contribution in [2.75, 3.05) is 12.4 Å². The van der Waals surface area contributed by atoms with Crippen LogP contribution in [0.15, 0.2) is 41.4 Å². The van der Waals surface area contributed by atoms with Gasteiger partial charge in [-0.05, 0) is 24.6 Å². The fourth-order valence-corrected chi connectivity index (χ4v) is 3.07. The molecule has 0 atom stereocenters. The highest BCUT2D eigenvalue weighted by Gasteiger charge is 2.33. The normalized spacial score (nSPS) is 11.2. The molecule has 0 unspecified atom stereocenters. The molecule has 0 fully saturated rings. The number of hydrogen-bond donors (Lipinski definition) is 1. The molecule has 156 valence electrons. The number of nitrogens with one attached hydrogen (secondary N) is 1. The third-order valence-electron chi connectivity index (χ3n) is 3.61. The van der Waals surface area contributed by atoms with E-state index in [1.807, 2.05) is 6.92 Å². The van der Waals surface area contributed by atoms with Gasteiger partial charge in [-0.1, -0.05) is 13.0 Å². The lowest BCUT2D eigenvalue weighted by Gasteiger charge is -2.11. The molecule has 0 aliphatic rings. The average Bonchev–Trinajstić information content (AvgIpc) is 2.68. The maximum atomic E-state index is 12.7. The minimum Gasteiger partial charge on any atom is -0.477 e. The second-order valence-electron chi connectivity index (χ2n) is 5.82. The molecule has 0 aliphatic carbocycles. The van der Waals surface area contributed by atoms with Gasteiger partial charge in [0.05, 0.1) is 27.7 Å². The van der Waals surface area contributed by atoms with E-state index >= 15 is 0 Å². The van der Waals surface area contributed by atoms with Crippen LogP contribution in [0, 0.1) is 10.1 Å². The Bertz CT molecular complexity index is 878. The smallest absolute Gasteiger partial charge is 0.416 e. The van der Waals surface area contributed by atoms with Gasteiger partial charge in [-0.3, -0.25) is 14.9 Å². The topological polar surface area (TPSA) is 94.4 Å². The maximum Gasteiger partial charge on any atom is 0.416 e. The number of pyridine rings is 1. The lowest BCUT2D eigenvalue weighted by atomic mass is 10.2. The third kappa shape index (κ3) is 6.63. The maximum absolute atomic E-state index is 12.7. The summed E-state index contributed by atoms with van der Waals surface area (Å²) in [6, 6.07) is 5.65. The fourth-order valence-electron chi connectivity index (χ4n) is 2.23. The molecular formula is C18H18F3N3O4S. The van der Waals surface area contributed by atoms with Gasteiger partial charge in [-0.25, -0.2) is 4.98 Å². The number of nitro benzene ring substituents is 1. The summed E-state index contributed by atoms with van der Waals surface area (Å²) in [5, 5.41) is 13.7. The molecule has 0 aliphatic heterocycles. The second-order valence-corrected chi connectivity index (χ2v) is 6.84. The van der Waals surface area contributed by atoms with Crippen LogP contribution in [0.5, 0.6) is 5.88 Å². The quantitative estimate of drug-likeness (QED) is 0.365. The van der Waals surface area contributed by atoms with Crippen LogP contribution in [0.2, 0.25) is 0 Å². The predicted octanol–water partition coefficient (Wildman–Crippen LogP) is 4.21. The molecule has 0 saturated carbocycles. The zero-order valence-electron chi connectivity index (χ0n) is 15.4. The van der Waals surface area contributed by atoms with Crippen molar-refractivity contribution < 1.29 is 27.6 Å². The highest BCUT2D eigenvalue weighted by Crippen LogP contribution is 2.36. The Labute approximate surface area is 168 Å². The van der Waals surface area contributed by atoms with Crippen LogP contribution in [0.4, 0.5) is 18.9 Å². The highest BCUT2D eigenvalue weighted by molar-refractivity contribution is 8.00. The van der Waals surface area contributed by atoms with E-state index in [2.05, 4.69) is 10.3 Å². The first-order valence-corrected chi connectivity index (χ1v) is 9.52. The fraction of sp³-hybridized carbons (Fsp3) is 0.333. The van der Waals surface area contributed by atoms with E-state index in [0.717, 1.165) is 30.3 Å². The molecule has 1 aromatic carbocycles. The van der Waals surface area contributed by atoms with Crippen molar-refractivity contribution in [1.29, 1.82) is 0 Å². The Morgan fingerprint density at radius 1 is 1.34 bits per heavy atom. The van der Waals surface area contributed by atoms with Crippen molar-refractivity contribution in [3.63, 3.8) is 0 Å². The zero-order chi connectivity index (χ0) is 21.4. The number of amides is 1. The van der Waals surface area contributed by atoms with Crippen molar-refractivity contribution >= 4 is 23.4 Å². The van der Waals surface area contributed by atoms with E-state index in [0.29, 0.717) is 24.1 Å². The molecule has 0 spiro atoms. The van der Waals surface area contributed by atoms with Crippen molar-refractivity contribution in [3.05, 3.63) is 57.8 Å². The van der Waals surface area contributed by atoms with Gasteiger partial charge in [0, 0.05) is 24.4 Å². The largest absolute Gasteiger partial charge is 0.477 e. The highest BCUT2D eigenvalue weighted by atomic mass is 32.2. The predicted molar refractivity (Wildman–Crippen MR) is 101 cm³/mol. The second kappa shape index (κ2) is 10.1. The zero-order valence-corrected chi connectivity index (χ0v) is 16.2. The molecule has 1 aromatic heterocycles. The van der Waals surface area contributed by atoms with E-state index in [1.54, 1.807) is 18.3 Å². The Kier molecular flexibility index (Phi) is 7.82. The van der Waals surface area contributed by atoms with Gasteiger partial charge in [-0.2, -0.15) is 13.2 Å². The number of nitrogens with zero attached hydrogens (tertiary/aromatic N) is 2. The first kappa shape index (κ1) is 22.5. The summed E-state index contributed by atoms with van der Waals surface area (Å²) >= 11 is 0.788. The van der Waals surface area contributed by atoms with Gasteiger partial charge in [0.25, 0.3) is 5.69 Å². The van der Waals surface area contributed by atoms with Crippen molar-refractivity contribution in [2.45, 2.75) is 31.0 Å². The van der Waals surface area contributed by atoms with Crippen LogP contribution < -0.4 is 10.1 Å². The molecule has 1 heterocycles. The van der Waals surface area contributed by atoms with Crippen LogP contribution in [0.3, 0.4) is 0 Å². The van der Waals surface area contributed by atoms with Gasteiger partial charge >= 0.3 is 6.18 Å². The van der Waals surface area contributed by atoms with Gasteiger partial charge < -0.3 is 10.1 Å². The first-order chi connectivity index (χ1) is 13.7. The molecule has 1 N–H and O–H groups in total. The minimum absolute atomic E-state index is 0.0218. The summed E-state index contributed by atoms with van der Waals surface area (Å²) in [5.41, 5.74) is -1.14. The van der Waals surface area contributed by atoms with Gasteiger partial charge in [0.2, 0.25) is 11.8 Å². The standard InChI is InChI=1S/C18H18F3N3O4S/c1-2-8-28-17-12(4-3-7-22-17)10-23-16(25)11-29-15-6-5-13(18(19,20)21)9-14(15)24(26)27/h3-7,9H,2,8,10-11H2,1H3,(H,23,25). The number of carbonyl (C=O) groups excluding carboxylic acids is 1. The number of rotatable bonds is 9. The molecule has 29 heavy (non-hydrogen) atoms. The number of aromatic nitrogens is 1. The lowest BCUT2D eigenvalue weighted by Crippen LogP contribution is -2.25. The SMILES string of the molecule is CCCOc1ncccc1CNC(=O)CSc1ccc(C(F)(F)F)cc1[N+](=O)[O-]. The van der Waals surface area contributed by atoms with Crippen LogP contribution in [-0.2, 0) is 17.5 Å². The van der Waals surface area contributed by atoms with E-state index in [9.17, 15) is 28.1 Å². The Morgan fingerprint density at radius 2 is 2.10 bits per heavy atom. The summed E-state index contributed by atoms with van der Waals surface area (Å²) in [7, 11) is 0. The molecule has 7 nitrogen and oxygen atoms in total. The Balaban J connectivity index is 1.99. The van der Waals surface area contributed by atoms with Crippen molar-refractivity contribution in [3.8, 4) is 5.88 Å².